The Balaban J connectivity index is 1.69. The normalized spacial score (nSPS) is 18.7. The Bertz CT molecular complexity index is 1380. The van der Waals surface area contributed by atoms with Gasteiger partial charge in [-0.1, -0.05) is 0 Å². The Morgan fingerprint density at radius 2 is 1.79 bits per heavy atom. The van der Waals surface area contributed by atoms with E-state index < -0.39 is 28.4 Å². The van der Waals surface area contributed by atoms with Gasteiger partial charge in [0.05, 0.1) is 35.1 Å². The Morgan fingerprint density at radius 3 is 2.39 bits per heavy atom. The number of nitro groups is 1. The summed E-state index contributed by atoms with van der Waals surface area (Å²) in [7, 11) is 1.40. The summed E-state index contributed by atoms with van der Waals surface area (Å²) < 4.78 is 45.2. The van der Waals surface area contributed by atoms with Gasteiger partial charge in [0.15, 0.2) is 0 Å². The highest BCUT2D eigenvalue weighted by Gasteiger charge is 2.33. The van der Waals surface area contributed by atoms with Crippen molar-refractivity contribution in [2.75, 3.05) is 12.4 Å². The second kappa shape index (κ2) is 10.5. The van der Waals surface area contributed by atoms with Crippen molar-refractivity contribution >= 4 is 28.4 Å². The molecule has 38 heavy (non-hydrogen) atoms. The van der Waals surface area contributed by atoms with E-state index in [1.54, 1.807) is 13.8 Å². The van der Waals surface area contributed by atoms with Crippen molar-refractivity contribution in [3.63, 3.8) is 0 Å². The number of fused-ring (bicyclic) bond motifs is 1. The largest absolute Gasteiger partial charge is 0.469 e. The molecule has 1 saturated carbocycles. The summed E-state index contributed by atoms with van der Waals surface area (Å²) in [5.41, 5.74) is 1.26. The minimum Gasteiger partial charge on any atom is -0.469 e. The van der Waals surface area contributed by atoms with Crippen LogP contribution in [0.3, 0.4) is 0 Å². The minimum absolute atomic E-state index is 0.0995. The summed E-state index contributed by atoms with van der Waals surface area (Å²) in [4.78, 5) is 31.5. The molecule has 3 aromatic rings. The van der Waals surface area contributed by atoms with Gasteiger partial charge in [-0.2, -0.15) is 13.2 Å². The minimum atomic E-state index is -4.72. The van der Waals surface area contributed by atoms with Crippen LogP contribution in [0.2, 0.25) is 0 Å². The van der Waals surface area contributed by atoms with Crippen molar-refractivity contribution in [2.24, 2.45) is 5.92 Å². The highest BCUT2D eigenvalue weighted by molar-refractivity contribution is 5.90. The van der Waals surface area contributed by atoms with Gasteiger partial charge in [-0.15, -0.1) is 0 Å². The van der Waals surface area contributed by atoms with E-state index in [0.717, 1.165) is 48.9 Å². The van der Waals surface area contributed by atoms with Crippen LogP contribution in [-0.4, -0.2) is 28.0 Å². The van der Waals surface area contributed by atoms with E-state index in [1.807, 2.05) is 19.1 Å². The van der Waals surface area contributed by atoms with Crippen molar-refractivity contribution in [1.82, 2.24) is 9.97 Å². The summed E-state index contributed by atoms with van der Waals surface area (Å²) >= 11 is 0. The van der Waals surface area contributed by atoms with Crippen LogP contribution in [0.15, 0.2) is 30.3 Å². The standard InChI is InChI=1S/C27H29F3N4O4/c1-14-9-24-23(13-22(14)17-5-7-18(8-6-17)26(35)38-4)25(33-16(3)32-24)31-15(2)19-10-20(27(28,29)30)12-21(11-19)34(36)37/h9-13,15,17-18H,5-8H2,1-4H3,(H,31,32,33)/t15-,17?,18?/m1/s1. The van der Waals surface area contributed by atoms with E-state index in [9.17, 15) is 28.1 Å². The van der Waals surface area contributed by atoms with Gasteiger partial charge >= 0.3 is 12.1 Å². The maximum absolute atomic E-state index is 13.4. The lowest BCUT2D eigenvalue weighted by atomic mass is 9.77. The number of alkyl halides is 3. The van der Waals surface area contributed by atoms with Gasteiger partial charge in [-0.05, 0) is 87.3 Å². The number of hydrogen-bond acceptors (Lipinski definition) is 7. The van der Waals surface area contributed by atoms with Gasteiger partial charge in [0, 0.05) is 17.5 Å². The molecule has 1 aliphatic carbocycles. The summed E-state index contributed by atoms with van der Waals surface area (Å²) in [5, 5.41) is 15.2. The third-order valence-electron chi connectivity index (χ3n) is 7.23. The Labute approximate surface area is 217 Å². The van der Waals surface area contributed by atoms with Crippen LogP contribution in [0.1, 0.15) is 72.6 Å². The van der Waals surface area contributed by atoms with Crippen LogP contribution in [-0.2, 0) is 15.7 Å². The molecular formula is C27H29F3N4O4. The molecule has 1 aliphatic rings. The molecule has 4 rings (SSSR count). The predicted molar refractivity (Wildman–Crippen MR) is 136 cm³/mol. The first kappa shape index (κ1) is 27.3. The Hall–Kier alpha value is -3.76. The van der Waals surface area contributed by atoms with E-state index in [0.29, 0.717) is 28.6 Å². The van der Waals surface area contributed by atoms with Crippen molar-refractivity contribution in [3.8, 4) is 0 Å². The first-order valence-corrected chi connectivity index (χ1v) is 12.4. The summed E-state index contributed by atoms with van der Waals surface area (Å²) in [6, 6.07) is 5.85. The lowest BCUT2D eigenvalue weighted by Gasteiger charge is -2.28. The number of aryl methyl sites for hydroxylation is 2. The number of non-ortho nitro benzene ring substituents is 1. The van der Waals surface area contributed by atoms with Crippen molar-refractivity contribution in [3.05, 3.63) is 68.5 Å². The molecule has 0 aliphatic heterocycles. The first-order valence-electron chi connectivity index (χ1n) is 12.4. The number of rotatable bonds is 6. The molecule has 8 nitrogen and oxygen atoms in total. The number of nitro benzene ring substituents is 1. The number of halogens is 3. The number of carbonyl (C=O) groups excluding carboxylic acids is 1. The molecule has 1 fully saturated rings. The third kappa shape index (κ3) is 5.71. The molecule has 1 N–H and O–H groups in total. The lowest BCUT2D eigenvalue weighted by Crippen LogP contribution is -2.22. The SMILES string of the molecule is COC(=O)C1CCC(c2cc3c(N[C@H](C)c4cc([N+](=O)[O-])cc(C(F)(F)F)c4)nc(C)nc3cc2C)CC1. The number of nitrogens with zero attached hydrogens (tertiary/aromatic N) is 3. The molecule has 0 unspecified atom stereocenters. The Morgan fingerprint density at radius 1 is 1.11 bits per heavy atom. The number of carbonyl (C=O) groups is 1. The van der Waals surface area contributed by atoms with Crippen LogP contribution in [0.4, 0.5) is 24.7 Å². The molecule has 1 heterocycles. The molecule has 0 amide bonds. The number of anilines is 1. The van der Waals surface area contributed by atoms with E-state index in [1.165, 1.54) is 7.11 Å². The zero-order valence-corrected chi connectivity index (χ0v) is 21.6. The van der Waals surface area contributed by atoms with E-state index in [-0.39, 0.29) is 23.4 Å². The number of esters is 1. The molecule has 2 aromatic carbocycles. The summed E-state index contributed by atoms with van der Waals surface area (Å²) in [5.74, 6) is 0.867. The predicted octanol–water partition coefficient (Wildman–Crippen LogP) is 6.79. The third-order valence-corrected chi connectivity index (χ3v) is 7.23. The van der Waals surface area contributed by atoms with Crippen molar-refractivity contribution < 1.29 is 27.6 Å². The first-order chi connectivity index (χ1) is 17.9. The molecule has 0 radical (unpaired) electrons. The number of hydrogen-bond donors (Lipinski definition) is 1. The van der Waals surface area contributed by atoms with Gasteiger partial charge in [0.2, 0.25) is 0 Å². The molecule has 11 heteroatoms. The maximum Gasteiger partial charge on any atom is 0.416 e. The van der Waals surface area contributed by atoms with Gasteiger partial charge < -0.3 is 10.1 Å². The molecule has 202 valence electrons. The van der Waals surface area contributed by atoms with E-state index in [2.05, 4.69) is 15.3 Å². The number of nitrogens with one attached hydrogen (secondary N) is 1. The summed E-state index contributed by atoms with van der Waals surface area (Å²) in [6.45, 7) is 5.36. The number of ether oxygens (including phenoxy) is 1. The summed E-state index contributed by atoms with van der Waals surface area (Å²) in [6.07, 6.45) is -1.61. The lowest BCUT2D eigenvalue weighted by molar-refractivity contribution is -0.385. The van der Waals surface area contributed by atoms with Gasteiger partial charge in [-0.3, -0.25) is 14.9 Å². The van der Waals surface area contributed by atoms with E-state index in [4.69, 9.17) is 4.74 Å². The average Bonchev–Trinajstić information content (AvgIpc) is 2.87. The average molecular weight is 531 g/mol. The molecule has 0 saturated heterocycles. The van der Waals surface area contributed by atoms with Crippen molar-refractivity contribution in [2.45, 2.75) is 64.6 Å². The number of methoxy groups -OCH3 is 1. The Kier molecular flexibility index (Phi) is 7.57. The molecule has 0 bridgehead atoms. The van der Waals surface area contributed by atoms with E-state index >= 15 is 0 Å². The number of aromatic nitrogens is 2. The fraction of sp³-hybridized carbons (Fsp3) is 0.444. The molecule has 1 atom stereocenters. The van der Waals surface area contributed by atoms with Crippen LogP contribution < -0.4 is 5.32 Å². The van der Waals surface area contributed by atoms with Crippen LogP contribution in [0.5, 0.6) is 0 Å². The van der Waals surface area contributed by atoms with Crippen LogP contribution in [0, 0.1) is 29.9 Å². The maximum atomic E-state index is 13.4. The van der Waals surface area contributed by atoms with Crippen LogP contribution >= 0.6 is 0 Å². The van der Waals surface area contributed by atoms with Gasteiger partial charge in [0.25, 0.3) is 5.69 Å². The highest BCUT2D eigenvalue weighted by atomic mass is 19.4. The molecular weight excluding hydrogens is 501 g/mol. The second-order valence-electron chi connectivity index (χ2n) is 9.85. The van der Waals surface area contributed by atoms with Crippen molar-refractivity contribution in [1.29, 1.82) is 0 Å². The quantitative estimate of drug-likeness (QED) is 0.212. The van der Waals surface area contributed by atoms with Crippen LogP contribution in [0.25, 0.3) is 10.9 Å². The topological polar surface area (TPSA) is 107 Å². The smallest absolute Gasteiger partial charge is 0.416 e. The highest BCUT2D eigenvalue weighted by Crippen LogP contribution is 2.40. The molecule has 1 aromatic heterocycles. The van der Waals surface area contributed by atoms with Gasteiger partial charge in [0.1, 0.15) is 11.6 Å². The zero-order chi connectivity index (χ0) is 27.8. The fourth-order valence-corrected chi connectivity index (χ4v) is 5.21. The zero-order valence-electron chi connectivity index (χ0n) is 21.6. The second-order valence-corrected chi connectivity index (χ2v) is 9.85. The fourth-order valence-electron chi connectivity index (χ4n) is 5.21. The number of benzene rings is 2. The monoisotopic (exact) mass is 530 g/mol. The molecule has 0 spiro atoms. The van der Waals surface area contributed by atoms with Gasteiger partial charge in [-0.25, -0.2) is 9.97 Å².